The molecular formula is C18H28FN. The van der Waals surface area contributed by atoms with Crippen LogP contribution in [0, 0.1) is 17.7 Å². The number of halogens is 1. The van der Waals surface area contributed by atoms with Crippen LogP contribution >= 0.6 is 0 Å². The van der Waals surface area contributed by atoms with Crippen LogP contribution in [-0.4, -0.2) is 12.6 Å². The lowest BCUT2D eigenvalue weighted by atomic mass is 9.77. The predicted molar refractivity (Wildman–Crippen MR) is 83.3 cm³/mol. The van der Waals surface area contributed by atoms with Gasteiger partial charge in [0.15, 0.2) is 0 Å². The van der Waals surface area contributed by atoms with Crippen LogP contribution < -0.4 is 5.32 Å². The highest BCUT2D eigenvalue weighted by atomic mass is 19.1. The Labute approximate surface area is 123 Å². The molecule has 0 heterocycles. The predicted octanol–water partition coefficient (Wildman–Crippen LogP) is 4.56. The van der Waals surface area contributed by atoms with Crippen molar-refractivity contribution in [1.82, 2.24) is 5.32 Å². The molecule has 1 aliphatic carbocycles. The van der Waals surface area contributed by atoms with Crippen molar-refractivity contribution in [3.63, 3.8) is 0 Å². The van der Waals surface area contributed by atoms with Crippen molar-refractivity contribution in [2.24, 2.45) is 11.8 Å². The smallest absolute Gasteiger partial charge is 0.123 e. The van der Waals surface area contributed by atoms with Crippen LogP contribution in [0.15, 0.2) is 24.3 Å². The van der Waals surface area contributed by atoms with Gasteiger partial charge in [0.05, 0.1) is 0 Å². The summed E-state index contributed by atoms with van der Waals surface area (Å²) in [5.41, 5.74) is 1.25. The Hall–Kier alpha value is -0.890. The third-order valence-corrected chi connectivity index (χ3v) is 4.57. The van der Waals surface area contributed by atoms with Crippen molar-refractivity contribution in [3.8, 4) is 0 Å². The van der Waals surface area contributed by atoms with Gasteiger partial charge in [-0.05, 0) is 61.8 Å². The Morgan fingerprint density at radius 2 is 2.00 bits per heavy atom. The summed E-state index contributed by atoms with van der Waals surface area (Å²) in [7, 11) is 0. The maximum absolute atomic E-state index is 13.0. The Bertz CT molecular complexity index is 387. The second-order valence-electron chi connectivity index (χ2n) is 6.42. The van der Waals surface area contributed by atoms with Crippen molar-refractivity contribution in [2.45, 2.75) is 58.4 Å². The van der Waals surface area contributed by atoms with Crippen molar-refractivity contribution in [1.29, 1.82) is 0 Å². The van der Waals surface area contributed by atoms with Crippen molar-refractivity contribution in [3.05, 3.63) is 35.6 Å². The first kappa shape index (κ1) is 15.5. The summed E-state index contributed by atoms with van der Waals surface area (Å²) in [4.78, 5) is 0. The summed E-state index contributed by atoms with van der Waals surface area (Å²) in [5.74, 6) is 1.49. The number of nitrogens with one attached hydrogen (secondary N) is 1. The molecule has 0 aromatic heterocycles. The van der Waals surface area contributed by atoms with Crippen LogP contribution in [0.25, 0.3) is 0 Å². The largest absolute Gasteiger partial charge is 0.313 e. The molecule has 0 aliphatic heterocycles. The van der Waals surface area contributed by atoms with Gasteiger partial charge < -0.3 is 5.32 Å². The summed E-state index contributed by atoms with van der Waals surface area (Å²) in [6.45, 7) is 5.67. The van der Waals surface area contributed by atoms with Gasteiger partial charge in [-0.25, -0.2) is 4.39 Å². The summed E-state index contributed by atoms with van der Waals surface area (Å²) in [6.07, 6.45) is 7.61. The van der Waals surface area contributed by atoms with Gasteiger partial charge in [0.25, 0.3) is 0 Å². The average Bonchev–Trinajstić information content (AvgIpc) is 2.45. The van der Waals surface area contributed by atoms with E-state index < -0.39 is 0 Å². The van der Waals surface area contributed by atoms with Crippen LogP contribution in [0.5, 0.6) is 0 Å². The van der Waals surface area contributed by atoms with E-state index >= 15 is 0 Å². The van der Waals surface area contributed by atoms with E-state index in [2.05, 4.69) is 19.2 Å². The summed E-state index contributed by atoms with van der Waals surface area (Å²) in [5, 5.41) is 3.73. The number of hydrogen-bond acceptors (Lipinski definition) is 1. The molecule has 1 aliphatic rings. The zero-order valence-electron chi connectivity index (χ0n) is 12.9. The van der Waals surface area contributed by atoms with E-state index in [9.17, 15) is 4.39 Å². The van der Waals surface area contributed by atoms with Crippen LogP contribution in [0.1, 0.15) is 51.5 Å². The van der Waals surface area contributed by atoms with Gasteiger partial charge in [-0.2, -0.15) is 0 Å². The van der Waals surface area contributed by atoms with Crippen molar-refractivity contribution < 1.29 is 4.39 Å². The Morgan fingerprint density at radius 3 is 2.65 bits per heavy atom. The highest BCUT2D eigenvalue weighted by molar-refractivity contribution is 5.17. The minimum Gasteiger partial charge on any atom is -0.313 e. The average molecular weight is 277 g/mol. The molecule has 1 aromatic carbocycles. The van der Waals surface area contributed by atoms with E-state index in [0.29, 0.717) is 6.04 Å². The molecule has 0 radical (unpaired) electrons. The van der Waals surface area contributed by atoms with E-state index in [0.717, 1.165) is 24.8 Å². The van der Waals surface area contributed by atoms with Gasteiger partial charge in [-0.15, -0.1) is 0 Å². The zero-order chi connectivity index (χ0) is 14.4. The molecule has 1 saturated carbocycles. The van der Waals surface area contributed by atoms with Gasteiger partial charge in [0, 0.05) is 6.04 Å². The lowest BCUT2D eigenvalue weighted by Crippen LogP contribution is -2.40. The Kier molecular flexibility index (Phi) is 6.03. The van der Waals surface area contributed by atoms with Crippen molar-refractivity contribution >= 4 is 0 Å². The second kappa shape index (κ2) is 7.78. The van der Waals surface area contributed by atoms with Crippen LogP contribution in [-0.2, 0) is 6.42 Å². The van der Waals surface area contributed by atoms with Gasteiger partial charge in [0.2, 0.25) is 0 Å². The molecule has 1 aromatic rings. The molecule has 0 amide bonds. The molecule has 0 bridgehead atoms. The third kappa shape index (κ3) is 4.59. The fraction of sp³-hybridized carbons (Fsp3) is 0.667. The third-order valence-electron chi connectivity index (χ3n) is 4.57. The molecule has 20 heavy (non-hydrogen) atoms. The fourth-order valence-electron chi connectivity index (χ4n) is 3.46. The Morgan fingerprint density at radius 1 is 1.25 bits per heavy atom. The lowest BCUT2D eigenvalue weighted by Gasteiger charge is -2.34. The SMILES string of the molecule is CCCNC(Cc1ccc(F)cc1)C1CCCC(C)C1. The molecule has 0 saturated heterocycles. The van der Waals surface area contributed by atoms with Gasteiger partial charge in [0.1, 0.15) is 5.82 Å². The normalized spacial score (nSPS) is 24.6. The van der Waals surface area contributed by atoms with Gasteiger partial charge in [-0.3, -0.25) is 0 Å². The van der Waals surface area contributed by atoms with Gasteiger partial charge in [-0.1, -0.05) is 38.8 Å². The van der Waals surface area contributed by atoms with E-state index in [4.69, 9.17) is 0 Å². The molecule has 2 heteroatoms. The molecular weight excluding hydrogens is 249 g/mol. The van der Waals surface area contributed by atoms with Crippen LogP contribution in [0.2, 0.25) is 0 Å². The first-order valence-electron chi connectivity index (χ1n) is 8.17. The minimum atomic E-state index is -0.141. The molecule has 112 valence electrons. The van der Waals surface area contributed by atoms with Crippen molar-refractivity contribution in [2.75, 3.05) is 6.54 Å². The molecule has 2 rings (SSSR count). The van der Waals surface area contributed by atoms with E-state index in [1.165, 1.54) is 37.7 Å². The number of benzene rings is 1. The Balaban J connectivity index is 2.00. The topological polar surface area (TPSA) is 12.0 Å². The molecule has 3 unspecified atom stereocenters. The molecule has 1 fully saturated rings. The highest BCUT2D eigenvalue weighted by Crippen LogP contribution is 2.32. The zero-order valence-corrected chi connectivity index (χ0v) is 12.9. The first-order valence-corrected chi connectivity index (χ1v) is 8.17. The monoisotopic (exact) mass is 277 g/mol. The summed E-state index contributed by atoms with van der Waals surface area (Å²) in [6, 6.07) is 7.57. The van der Waals surface area contributed by atoms with Gasteiger partial charge >= 0.3 is 0 Å². The van der Waals surface area contributed by atoms with E-state index in [1.807, 2.05) is 12.1 Å². The number of rotatable bonds is 6. The molecule has 1 nitrogen and oxygen atoms in total. The van der Waals surface area contributed by atoms with E-state index in [-0.39, 0.29) is 5.82 Å². The fourth-order valence-corrected chi connectivity index (χ4v) is 3.46. The summed E-state index contributed by atoms with van der Waals surface area (Å²) < 4.78 is 13.0. The quantitative estimate of drug-likeness (QED) is 0.803. The lowest BCUT2D eigenvalue weighted by molar-refractivity contribution is 0.221. The summed E-state index contributed by atoms with van der Waals surface area (Å²) >= 11 is 0. The van der Waals surface area contributed by atoms with Crippen LogP contribution in [0.4, 0.5) is 4.39 Å². The first-order chi connectivity index (χ1) is 9.69. The highest BCUT2D eigenvalue weighted by Gasteiger charge is 2.26. The van der Waals surface area contributed by atoms with Crippen LogP contribution in [0.3, 0.4) is 0 Å². The second-order valence-corrected chi connectivity index (χ2v) is 6.42. The number of hydrogen-bond donors (Lipinski definition) is 1. The molecule has 1 N–H and O–H groups in total. The minimum absolute atomic E-state index is 0.141. The molecule has 3 atom stereocenters. The maximum Gasteiger partial charge on any atom is 0.123 e. The maximum atomic E-state index is 13.0. The molecule has 0 spiro atoms. The van der Waals surface area contributed by atoms with E-state index in [1.54, 1.807) is 12.1 Å². The standard InChI is InChI=1S/C18H28FN/c1-3-11-20-18(16-6-4-5-14(2)12-16)13-15-7-9-17(19)10-8-15/h7-10,14,16,18,20H,3-6,11-13H2,1-2H3.